The summed E-state index contributed by atoms with van der Waals surface area (Å²) in [6, 6.07) is 6.44. The summed E-state index contributed by atoms with van der Waals surface area (Å²) in [4.78, 5) is 14.5. The van der Waals surface area contributed by atoms with E-state index in [9.17, 15) is 19.6 Å². The molecule has 1 fully saturated rings. The number of nitro groups is 1. The number of rotatable bonds is 6. The maximum atomic E-state index is 13.0. The normalized spacial score (nSPS) is 16.8. The van der Waals surface area contributed by atoms with Gasteiger partial charge in [0, 0.05) is 38.4 Å². The molecule has 1 N–H and O–H groups in total. The van der Waals surface area contributed by atoms with Crippen LogP contribution in [0.5, 0.6) is 0 Å². The van der Waals surface area contributed by atoms with E-state index in [1.54, 1.807) is 12.1 Å². The van der Waals surface area contributed by atoms with Gasteiger partial charge in [-0.1, -0.05) is 0 Å². The second-order valence-corrected chi connectivity index (χ2v) is 6.10. The molecular formula is C16H20FN5O3. The number of piperazine rings is 1. The molecule has 1 aliphatic heterocycles. The molecule has 0 saturated carbocycles. The van der Waals surface area contributed by atoms with E-state index in [0.29, 0.717) is 6.54 Å². The van der Waals surface area contributed by atoms with Crippen molar-refractivity contribution in [2.24, 2.45) is 0 Å². The topological polar surface area (TPSA) is 87.7 Å². The third-order valence-electron chi connectivity index (χ3n) is 4.26. The van der Waals surface area contributed by atoms with Crippen LogP contribution in [0.4, 0.5) is 15.8 Å². The number of aromatic nitrogens is 2. The molecule has 134 valence electrons. The molecule has 0 amide bonds. The SMILES string of the molecule is O=[N+]([O-])c1cnn(CC(O)CN2CCN(c3ccc(F)cc3)CC2)c1. The van der Waals surface area contributed by atoms with E-state index in [4.69, 9.17) is 0 Å². The Labute approximate surface area is 144 Å². The van der Waals surface area contributed by atoms with Crippen molar-refractivity contribution < 1.29 is 14.4 Å². The molecule has 25 heavy (non-hydrogen) atoms. The molecule has 1 atom stereocenters. The van der Waals surface area contributed by atoms with Gasteiger partial charge in [0.05, 0.1) is 17.6 Å². The van der Waals surface area contributed by atoms with Gasteiger partial charge in [0.1, 0.15) is 18.2 Å². The van der Waals surface area contributed by atoms with Crippen molar-refractivity contribution in [3.05, 3.63) is 52.6 Å². The van der Waals surface area contributed by atoms with E-state index < -0.39 is 11.0 Å². The van der Waals surface area contributed by atoms with Crippen molar-refractivity contribution in [1.29, 1.82) is 0 Å². The highest BCUT2D eigenvalue weighted by Gasteiger charge is 2.20. The number of β-amino-alcohol motifs (C(OH)–C–C–N with tert-alkyl or cyclic N) is 1. The number of aliphatic hydroxyl groups is 1. The smallest absolute Gasteiger partial charge is 0.306 e. The third kappa shape index (κ3) is 4.52. The molecule has 1 aliphatic rings. The molecule has 8 nitrogen and oxygen atoms in total. The van der Waals surface area contributed by atoms with Gasteiger partial charge in [0.15, 0.2) is 0 Å². The largest absolute Gasteiger partial charge is 0.390 e. The highest BCUT2D eigenvalue weighted by Crippen LogP contribution is 2.17. The fourth-order valence-corrected chi connectivity index (χ4v) is 2.96. The summed E-state index contributed by atoms with van der Waals surface area (Å²) in [6.45, 7) is 3.86. The molecule has 1 unspecified atom stereocenters. The standard InChI is InChI=1S/C16H20FN5O3/c17-13-1-3-14(4-2-13)20-7-5-19(6-8-20)11-16(23)12-21-10-15(9-18-21)22(24)25/h1-4,9-10,16,23H,5-8,11-12H2. The van der Waals surface area contributed by atoms with Crippen molar-refractivity contribution in [2.75, 3.05) is 37.6 Å². The highest BCUT2D eigenvalue weighted by molar-refractivity contribution is 5.46. The van der Waals surface area contributed by atoms with Crippen molar-refractivity contribution in [3.63, 3.8) is 0 Å². The lowest BCUT2D eigenvalue weighted by Crippen LogP contribution is -2.49. The van der Waals surface area contributed by atoms with Crippen LogP contribution >= 0.6 is 0 Å². The molecule has 0 radical (unpaired) electrons. The van der Waals surface area contributed by atoms with Crippen LogP contribution in [0.1, 0.15) is 0 Å². The van der Waals surface area contributed by atoms with Crippen LogP contribution < -0.4 is 4.90 Å². The zero-order chi connectivity index (χ0) is 17.8. The lowest BCUT2D eigenvalue weighted by Gasteiger charge is -2.36. The Hall–Kier alpha value is -2.52. The van der Waals surface area contributed by atoms with E-state index in [2.05, 4.69) is 14.9 Å². The van der Waals surface area contributed by atoms with E-state index in [0.717, 1.165) is 31.9 Å². The number of anilines is 1. The number of aliphatic hydroxyl groups excluding tert-OH is 1. The maximum Gasteiger partial charge on any atom is 0.306 e. The Morgan fingerprint density at radius 2 is 1.88 bits per heavy atom. The first-order valence-electron chi connectivity index (χ1n) is 8.09. The van der Waals surface area contributed by atoms with Crippen LogP contribution in [0.25, 0.3) is 0 Å². The van der Waals surface area contributed by atoms with E-state index in [1.165, 1.54) is 29.2 Å². The van der Waals surface area contributed by atoms with Gasteiger partial charge in [0.25, 0.3) is 0 Å². The average molecular weight is 349 g/mol. The fourth-order valence-electron chi connectivity index (χ4n) is 2.96. The van der Waals surface area contributed by atoms with Crippen LogP contribution in [-0.4, -0.2) is 63.5 Å². The minimum Gasteiger partial charge on any atom is -0.390 e. The summed E-state index contributed by atoms with van der Waals surface area (Å²) in [6.07, 6.45) is 1.83. The van der Waals surface area contributed by atoms with Gasteiger partial charge in [-0.3, -0.25) is 19.7 Å². The Balaban J connectivity index is 1.46. The zero-order valence-corrected chi connectivity index (χ0v) is 13.7. The molecule has 0 spiro atoms. The molecule has 2 heterocycles. The second-order valence-electron chi connectivity index (χ2n) is 6.10. The van der Waals surface area contributed by atoms with Gasteiger partial charge in [-0.05, 0) is 24.3 Å². The van der Waals surface area contributed by atoms with Crippen molar-refractivity contribution in [3.8, 4) is 0 Å². The second kappa shape index (κ2) is 7.58. The number of halogens is 1. The van der Waals surface area contributed by atoms with Crippen molar-refractivity contribution in [1.82, 2.24) is 14.7 Å². The minimum atomic E-state index is -0.656. The first-order valence-corrected chi connectivity index (χ1v) is 8.09. The van der Waals surface area contributed by atoms with Crippen LogP contribution in [0.3, 0.4) is 0 Å². The summed E-state index contributed by atoms with van der Waals surface area (Å²) >= 11 is 0. The molecule has 1 saturated heterocycles. The fraction of sp³-hybridized carbons (Fsp3) is 0.438. The van der Waals surface area contributed by atoms with Gasteiger partial charge < -0.3 is 10.0 Å². The Morgan fingerprint density at radius 1 is 1.20 bits per heavy atom. The van der Waals surface area contributed by atoms with Gasteiger partial charge in [-0.15, -0.1) is 0 Å². The van der Waals surface area contributed by atoms with Crippen LogP contribution in [0, 0.1) is 15.9 Å². The van der Waals surface area contributed by atoms with Crippen LogP contribution in [0.15, 0.2) is 36.7 Å². The van der Waals surface area contributed by atoms with E-state index in [1.807, 2.05) is 0 Å². The molecule has 2 aromatic rings. The maximum absolute atomic E-state index is 13.0. The first kappa shape index (κ1) is 17.3. The van der Waals surface area contributed by atoms with Crippen LogP contribution in [0.2, 0.25) is 0 Å². The molecular weight excluding hydrogens is 329 g/mol. The van der Waals surface area contributed by atoms with Gasteiger partial charge in [-0.2, -0.15) is 5.10 Å². The zero-order valence-electron chi connectivity index (χ0n) is 13.7. The molecule has 9 heteroatoms. The predicted octanol–water partition coefficient (Wildman–Crippen LogP) is 1.11. The lowest BCUT2D eigenvalue weighted by molar-refractivity contribution is -0.385. The van der Waals surface area contributed by atoms with Gasteiger partial charge >= 0.3 is 5.69 Å². The Morgan fingerprint density at radius 3 is 2.48 bits per heavy atom. The van der Waals surface area contributed by atoms with Gasteiger partial charge in [-0.25, -0.2) is 4.39 Å². The predicted molar refractivity (Wildman–Crippen MR) is 89.9 cm³/mol. The Bertz CT molecular complexity index is 713. The highest BCUT2D eigenvalue weighted by atomic mass is 19.1. The number of benzene rings is 1. The average Bonchev–Trinajstić information content (AvgIpc) is 3.05. The van der Waals surface area contributed by atoms with Crippen molar-refractivity contribution in [2.45, 2.75) is 12.6 Å². The van der Waals surface area contributed by atoms with E-state index >= 15 is 0 Å². The van der Waals surface area contributed by atoms with Gasteiger partial charge in [0.2, 0.25) is 0 Å². The monoisotopic (exact) mass is 349 g/mol. The number of hydrogen-bond acceptors (Lipinski definition) is 6. The summed E-state index contributed by atoms with van der Waals surface area (Å²) < 4.78 is 14.4. The summed E-state index contributed by atoms with van der Waals surface area (Å²) in [5, 5.41) is 24.7. The molecule has 1 aromatic heterocycles. The quantitative estimate of drug-likeness (QED) is 0.621. The third-order valence-corrected chi connectivity index (χ3v) is 4.26. The van der Waals surface area contributed by atoms with Crippen molar-refractivity contribution >= 4 is 11.4 Å². The minimum absolute atomic E-state index is 0.0832. The van der Waals surface area contributed by atoms with Crippen LogP contribution in [-0.2, 0) is 6.54 Å². The summed E-state index contributed by atoms with van der Waals surface area (Å²) in [5.41, 5.74) is 0.908. The molecule has 1 aromatic carbocycles. The lowest BCUT2D eigenvalue weighted by atomic mass is 10.2. The Kier molecular flexibility index (Phi) is 5.25. The summed E-state index contributed by atoms with van der Waals surface area (Å²) in [7, 11) is 0. The van der Waals surface area contributed by atoms with E-state index in [-0.39, 0.29) is 18.0 Å². The number of nitrogens with zero attached hydrogens (tertiary/aromatic N) is 5. The molecule has 0 aliphatic carbocycles. The molecule has 0 bridgehead atoms. The number of hydrogen-bond donors (Lipinski definition) is 1. The first-order chi connectivity index (χ1) is 12.0. The molecule has 3 rings (SSSR count). The summed E-state index contributed by atoms with van der Waals surface area (Å²) in [5.74, 6) is -0.246.